The first-order valence-electron chi connectivity index (χ1n) is 7.61. The number of nitrogens with one attached hydrogen (secondary N) is 1. The van der Waals surface area contributed by atoms with Crippen LogP contribution >= 0.6 is 0 Å². The van der Waals surface area contributed by atoms with Crippen LogP contribution in [-0.4, -0.2) is 43.2 Å². The van der Waals surface area contributed by atoms with Crippen molar-refractivity contribution < 1.29 is 19.3 Å². The Morgan fingerprint density at radius 1 is 1.29 bits per heavy atom. The third-order valence-corrected chi connectivity index (χ3v) is 4.26. The van der Waals surface area contributed by atoms with Gasteiger partial charge in [-0.2, -0.15) is 0 Å². The van der Waals surface area contributed by atoms with Crippen LogP contribution in [-0.2, 0) is 11.3 Å². The molecule has 0 spiro atoms. The minimum absolute atomic E-state index is 0.127. The molecule has 3 rings (SSSR count). The summed E-state index contributed by atoms with van der Waals surface area (Å²) in [6.45, 7) is 5.06. The molecule has 0 aromatic heterocycles. The Bertz CT molecular complexity index is 493. The zero-order valence-corrected chi connectivity index (χ0v) is 12.4. The molecule has 2 unspecified atom stereocenters. The van der Waals surface area contributed by atoms with Crippen molar-refractivity contribution in [2.24, 2.45) is 0 Å². The van der Waals surface area contributed by atoms with E-state index in [1.165, 1.54) is 0 Å². The topological polar surface area (TPSA) is 60.0 Å². The van der Waals surface area contributed by atoms with E-state index in [1.807, 2.05) is 25.1 Å². The summed E-state index contributed by atoms with van der Waals surface area (Å²) >= 11 is 0. The summed E-state index contributed by atoms with van der Waals surface area (Å²) in [5.41, 5.74) is 0.285. The lowest BCUT2D eigenvalue weighted by Crippen LogP contribution is -2.45. The maximum absolute atomic E-state index is 10.5. The highest BCUT2D eigenvalue weighted by Crippen LogP contribution is 2.33. The third kappa shape index (κ3) is 3.15. The van der Waals surface area contributed by atoms with Crippen molar-refractivity contribution in [1.82, 2.24) is 5.32 Å². The van der Waals surface area contributed by atoms with Crippen molar-refractivity contribution in [1.29, 1.82) is 0 Å². The molecule has 1 fully saturated rings. The minimum Gasteiger partial charge on any atom is -0.490 e. The van der Waals surface area contributed by atoms with Crippen molar-refractivity contribution in [2.75, 3.05) is 26.4 Å². The van der Waals surface area contributed by atoms with E-state index in [4.69, 9.17) is 14.2 Å². The van der Waals surface area contributed by atoms with Gasteiger partial charge in [-0.15, -0.1) is 0 Å². The van der Waals surface area contributed by atoms with Crippen LogP contribution in [0, 0.1) is 0 Å². The molecule has 2 N–H and O–H groups in total. The zero-order chi connectivity index (χ0) is 14.7. The van der Waals surface area contributed by atoms with Gasteiger partial charge in [0.15, 0.2) is 11.5 Å². The van der Waals surface area contributed by atoms with Gasteiger partial charge in [0.2, 0.25) is 0 Å². The predicted octanol–water partition coefficient (Wildman–Crippen LogP) is 1.48. The molecule has 2 atom stereocenters. The molecule has 0 saturated carbocycles. The Kier molecular flexibility index (Phi) is 4.33. The Morgan fingerprint density at radius 3 is 2.95 bits per heavy atom. The SMILES string of the molecule is CC1OCCC1(O)CNCc1cccc2c1OCCCO2. The van der Waals surface area contributed by atoms with Gasteiger partial charge in [0.1, 0.15) is 5.60 Å². The highest BCUT2D eigenvalue weighted by Gasteiger charge is 2.39. The Morgan fingerprint density at radius 2 is 2.14 bits per heavy atom. The van der Waals surface area contributed by atoms with Gasteiger partial charge in [-0.1, -0.05) is 12.1 Å². The number of para-hydroxylation sites is 1. The first-order chi connectivity index (χ1) is 10.2. The van der Waals surface area contributed by atoms with Crippen molar-refractivity contribution in [2.45, 2.75) is 38.0 Å². The lowest BCUT2D eigenvalue weighted by Gasteiger charge is -2.26. The second-order valence-electron chi connectivity index (χ2n) is 5.77. The number of hydrogen-bond acceptors (Lipinski definition) is 5. The van der Waals surface area contributed by atoms with Crippen LogP contribution in [0.5, 0.6) is 11.5 Å². The number of ether oxygens (including phenoxy) is 3. The van der Waals surface area contributed by atoms with Gasteiger partial charge < -0.3 is 24.6 Å². The predicted molar refractivity (Wildman–Crippen MR) is 78.7 cm³/mol. The van der Waals surface area contributed by atoms with E-state index >= 15 is 0 Å². The van der Waals surface area contributed by atoms with E-state index < -0.39 is 5.60 Å². The van der Waals surface area contributed by atoms with Crippen LogP contribution in [0.15, 0.2) is 18.2 Å². The highest BCUT2D eigenvalue weighted by atomic mass is 16.5. The smallest absolute Gasteiger partial charge is 0.165 e. The molecule has 0 amide bonds. The van der Waals surface area contributed by atoms with E-state index in [0.29, 0.717) is 39.3 Å². The van der Waals surface area contributed by atoms with Crippen LogP contribution in [0.25, 0.3) is 0 Å². The maximum atomic E-state index is 10.5. The van der Waals surface area contributed by atoms with E-state index in [9.17, 15) is 5.11 Å². The average Bonchev–Trinajstić information content (AvgIpc) is 2.68. The number of rotatable bonds is 4. The van der Waals surface area contributed by atoms with Crippen molar-refractivity contribution >= 4 is 0 Å². The summed E-state index contributed by atoms with van der Waals surface area (Å²) in [7, 11) is 0. The molecule has 2 aliphatic rings. The van der Waals surface area contributed by atoms with Gasteiger partial charge in [0, 0.05) is 38.1 Å². The fraction of sp³-hybridized carbons (Fsp3) is 0.625. The largest absolute Gasteiger partial charge is 0.490 e. The molecular weight excluding hydrogens is 270 g/mol. The molecule has 1 aromatic rings. The van der Waals surface area contributed by atoms with Crippen LogP contribution in [0.3, 0.4) is 0 Å². The summed E-state index contributed by atoms with van der Waals surface area (Å²) in [6.07, 6.45) is 1.45. The Balaban J connectivity index is 1.63. The van der Waals surface area contributed by atoms with Gasteiger partial charge in [0.25, 0.3) is 0 Å². The summed E-state index contributed by atoms with van der Waals surface area (Å²) in [5, 5.41) is 13.8. The molecule has 0 bridgehead atoms. The van der Waals surface area contributed by atoms with Gasteiger partial charge >= 0.3 is 0 Å². The molecule has 116 valence electrons. The first-order valence-corrected chi connectivity index (χ1v) is 7.61. The minimum atomic E-state index is -0.775. The van der Waals surface area contributed by atoms with Gasteiger partial charge in [-0.25, -0.2) is 0 Å². The zero-order valence-electron chi connectivity index (χ0n) is 12.4. The first kappa shape index (κ1) is 14.6. The molecule has 2 heterocycles. The van der Waals surface area contributed by atoms with Crippen LogP contribution in [0.4, 0.5) is 0 Å². The monoisotopic (exact) mass is 293 g/mol. The standard InChI is InChI=1S/C16H23NO4/c1-12-16(18,6-9-19-12)11-17-10-13-4-2-5-14-15(13)21-8-3-7-20-14/h2,4-5,12,17-18H,3,6-11H2,1H3. The average molecular weight is 293 g/mol. The van der Waals surface area contributed by atoms with E-state index in [1.54, 1.807) is 0 Å². The molecule has 5 nitrogen and oxygen atoms in total. The van der Waals surface area contributed by atoms with Crippen LogP contribution in [0.2, 0.25) is 0 Å². The number of aliphatic hydroxyl groups is 1. The van der Waals surface area contributed by atoms with E-state index in [-0.39, 0.29) is 6.10 Å². The molecule has 0 radical (unpaired) electrons. The van der Waals surface area contributed by atoms with Gasteiger partial charge in [-0.3, -0.25) is 0 Å². The molecule has 2 aliphatic heterocycles. The second-order valence-corrected chi connectivity index (χ2v) is 5.77. The quantitative estimate of drug-likeness (QED) is 0.880. The molecule has 1 aromatic carbocycles. The Labute approximate surface area is 125 Å². The number of hydrogen-bond donors (Lipinski definition) is 2. The highest BCUT2D eigenvalue weighted by molar-refractivity contribution is 5.47. The van der Waals surface area contributed by atoms with Gasteiger partial charge in [-0.05, 0) is 13.0 Å². The molecule has 0 aliphatic carbocycles. The van der Waals surface area contributed by atoms with Crippen molar-refractivity contribution in [3.05, 3.63) is 23.8 Å². The van der Waals surface area contributed by atoms with E-state index in [2.05, 4.69) is 5.32 Å². The second kappa shape index (κ2) is 6.22. The van der Waals surface area contributed by atoms with Crippen molar-refractivity contribution in [3.8, 4) is 11.5 Å². The van der Waals surface area contributed by atoms with E-state index in [0.717, 1.165) is 23.5 Å². The van der Waals surface area contributed by atoms with Gasteiger partial charge in [0.05, 0.1) is 19.3 Å². The lowest BCUT2D eigenvalue weighted by atomic mass is 9.96. The molecule has 21 heavy (non-hydrogen) atoms. The molecular formula is C16H23NO4. The maximum Gasteiger partial charge on any atom is 0.165 e. The summed E-state index contributed by atoms with van der Waals surface area (Å²) in [4.78, 5) is 0. The van der Waals surface area contributed by atoms with Crippen LogP contribution in [0.1, 0.15) is 25.3 Å². The fourth-order valence-electron chi connectivity index (χ4n) is 2.81. The van der Waals surface area contributed by atoms with Crippen LogP contribution < -0.4 is 14.8 Å². The Hall–Kier alpha value is -1.30. The fourth-order valence-corrected chi connectivity index (χ4v) is 2.81. The molecule has 5 heteroatoms. The summed E-state index contributed by atoms with van der Waals surface area (Å²) < 4.78 is 16.9. The summed E-state index contributed by atoms with van der Waals surface area (Å²) in [6, 6.07) is 5.93. The number of fused-ring (bicyclic) bond motifs is 1. The normalized spacial score (nSPS) is 28.4. The van der Waals surface area contributed by atoms with Crippen molar-refractivity contribution in [3.63, 3.8) is 0 Å². The third-order valence-electron chi connectivity index (χ3n) is 4.26. The molecule has 1 saturated heterocycles. The lowest BCUT2D eigenvalue weighted by molar-refractivity contribution is -0.0263. The number of benzene rings is 1. The summed E-state index contributed by atoms with van der Waals surface area (Å²) in [5.74, 6) is 1.63.